The largest absolute Gasteiger partial charge is 0.507 e. The SMILES string of the molecule is CCOc1cccc(C2C(=C(O)c3ccc4c(c3)CC(C)O4)C(=O)C(=O)N2c2nc3ccc(F)cc3s2)c1. The molecule has 1 amide bonds. The van der Waals surface area contributed by atoms with Gasteiger partial charge in [-0.15, -0.1) is 0 Å². The predicted molar refractivity (Wildman–Crippen MR) is 142 cm³/mol. The summed E-state index contributed by atoms with van der Waals surface area (Å²) >= 11 is 1.10. The fourth-order valence-electron chi connectivity index (χ4n) is 5.00. The van der Waals surface area contributed by atoms with Crippen molar-refractivity contribution in [2.45, 2.75) is 32.4 Å². The fourth-order valence-corrected chi connectivity index (χ4v) is 6.02. The molecule has 0 bridgehead atoms. The molecule has 6 rings (SSSR count). The van der Waals surface area contributed by atoms with Gasteiger partial charge >= 0.3 is 5.91 Å². The molecule has 0 aliphatic carbocycles. The van der Waals surface area contributed by atoms with E-state index in [1.54, 1.807) is 42.5 Å². The van der Waals surface area contributed by atoms with Crippen LogP contribution in [0.15, 0.2) is 66.2 Å². The van der Waals surface area contributed by atoms with Crippen molar-refractivity contribution in [1.82, 2.24) is 4.98 Å². The number of nitrogens with zero attached hydrogens (tertiary/aromatic N) is 2. The van der Waals surface area contributed by atoms with Crippen molar-refractivity contribution in [3.63, 3.8) is 0 Å². The summed E-state index contributed by atoms with van der Waals surface area (Å²) in [6.45, 7) is 4.25. The molecule has 0 radical (unpaired) electrons. The second kappa shape index (κ2) is 9.25. The molecule has 38 heavy (non-hydrogen) atoms. The lowest BCUT2D eigenvalue weighted by atomic mass is 9.94. The second-order valence-corrected chi connectivity index (χ2v) is 10.2. The van der Waals surface area contributed by atoms with E-state index in [4.69, 9.17) is 9.47 Å². The molecule has 2 unspecified atom stereocenters. The maximum Gasteiger partial charge on any atom is 0.301 e. The molecular weight excluding hydrogens is 507 g/mol. The Hall–Kier alpha value is -4.24. The van der Waals surface area contributed by atoms with Gasteiger partial charge in [-0.3, -0.25) is 14.5 Å². The van der Waals surface area contributed by atoms with Crippen molar-refractivity contribution < 1.29 is 28.6 Å². The monoisotopic (exact) mass is 530 g/mol. The molecule has 2 atom stereocenters. The molecular formula is C29H23FN2O5S. The Labute approximate surface area is 221 Å². The van der Waals surface area contributed by atoms with Gasteiger partial charge in [-0.1, -0.05) is 23.5 Å². The van der Waals surface area contributed by atoms with E-state index in [1.807, 2.05) is 13.8 Å². The molecule has 1 aromatic heterocycles. The Balaban J connectivity index is 1.54. The predicted octanol–water partition coefficient (Wildman–Crippen LogP) is 5.78. The average molecular weight is 531 g/mol. The Bertz CT molecular complexity index is 1650. The van der Waals surface area contributed by atoms with Gasteiger partial charge in [-0.2, -0.15) is 0 Å². The molecule has 2 aliphatic rings. The molecule has 3 heterocycles. The molecule has 3 aromatic carbocycles. The zero-order chi connectivity index (χ0) is 26.6. The number of halogens is 1. The topological polar surface area (TPSA) is 89.0 Å². The van der Waals surface area contributed by atoms with Crippen LogP contribution in [0.5, 0.6) is 11.5 Å². The highest BCUT2D eigenvalue weighted by Crippen LogP contribution is 2.45. The first-order valence-electron chi connectivity index (χ1n) is 12.2. The number of Topliss-reactive ketones (excluding diaryl/α,β-unsaturated/α-hetero) is 1. The Morgan fingerprint density at radius 2 is 2.03 bits per heavy atom. The van der Waals surface area contributed by atoms with Gasteiger partial charge in [0.1, 0.15) is 29.2 Å². The van der Waals surface area contributed by atoms with Gasteiger partial charge in [-0.25, -0.2) is 9.37 Å². The lowest BCUT2D eigenvalue weighted by Crippen LogP contribution is -2.29. The minimum atomic E-state index is -0.968. The van der Waals surface area contributed by atoms with E-state index < -0.39 is 23.5 Å². The first kappa shape index (κ1) is 24.1. The van der Waals surface area contributed by atoms with E-state index in [0.717, 1.165) is 22.6 Å². The van der Waals surface area contributed by atoms with Gasteiger partial charge in [0, 0.05) is 12.0 Å². The van der Waals surface area contributed by atoms with Gasteiger partial charge < -0.3 is 14.6 Å². The highest BCUT2D eigenvalue weighted by atomic mass is 32.1. The zero-order valence-electron chi connectivity index (χ0n) is 20.6. The van der Waals surface area contributed by atoms with Gasteiger partial charge in [0.25, 0.3) is 5.78 Å². The molecule has 0 spiro atoms. The molecule has 1 fully saturated rings. The third kappa shape index (κ3) is 3.99. The first-order chi connectivity index (χ1) is 18.3. The fraction of sp³-hybridized carbons (Fsp3) is 0.207. The molecule has 4 aromatic rings. The summed E-state index contributed by atoms with van der Waals surface area (Å²) in [6.07, 6.45) is 0.686. The van der Waals surface area contributed by atoms with E-state index in [2.05, 4.69) is 4.98 Å². The van der Waals surface area contributed by atoms with Crippen molar-refractivity contribution in [1.29, 1.82) is 0 Å². The highest BCUT2D eigenvalue weighted by molar-refractivity contribution is 7.22. The number of thiazole rings is 1. The van der Waals surface area contributed by atoms with Gasteiger partial charge in [0.15, 0.2) is 5.13 Å². The van der Waals surface area contributed by atoms with E-state index in [9.17, 15) is 19.1 Å². The van der Waals surface area contributed by atoms with Crippen LogP contribution >= 0.6 is 11.3 Å². The highest BCUT2D eigenvalue weighted by Gasteiger charge is 2.48. The summed E-state index contributed by atoms with van der Waals surface area (Å²) in [7, 11) is 0. The summed E-state index contributed by atoms with van der Waals surface area (Å²) in [6, 6.07) is 15.5. The van der Waals surface area contributed by atoms with Crippen LogP contribution in [0, 0.1) is 5.82 Å². The molecule has 0 saturated carbocycles. The van der Waals surface area contributed by atoms with E-state index in [1.165, 1.54) is 23.1 Å². The standard InChI is InChI=1S/C29H23FN2O5S/c1-3-36-20-6-4-5-16(13-20)25-24(26(33)17-7-10-22-18(12-17)11-15(2)37-22)27(34)28(35)32(25)29-31-21-9-8-19(30)14-23(21)38-29/h4-10,12-15,25,33H,3,11H2,1-2H3. The molecule has 9 heteroatoms. The van der Waals surface area contributed by atoms with Crippen molar-refractivity contribution in [2.24, 2.45) is 0 Å². The normalized spacial score (nSPS) is 20.1. The lowest BCUT2D eigenvalue weighted by molar-refractivity contribution is -0.132. The lowest BCUT2D eigenvalue weighted by Gasteiger charge is -2.23. The number of aromatic nitrogens is 1. The quantitative estimate of drug-likeness (QED) is 0.200. The number of anilines is 1. The smallest absolute Gasteiger partial charge is 0.301 e. The molecule has 192 valence electrons. The third-order valence-electron chi connectivity index (χ3n) is 6.64. The van der Waals surface area contributed by atoms with Gasteiger partial charge in [0.05, 0.1) is 28.4 Å². The number of amides is 1. The van der Waals surface area contributed by atoms with Crippen LogP contribution in [-0.4, -0.2) is 34.5 Å². The van der Waals surface area contributed by atoms with Crippen LogP contribution in [0.2, 0.25) is 0 Å². The summed E-state index contributed by atoms with van der Waals surface area (Å²) in [4.78, 5) is 32.8. The minimum absolute atomic E-state index is 0.0122. The van der Waals surface area contributed by atoms with Gasteiger partial charge in [0.2, 0.25) is 0 Å². The number of carbonyl (C=O) groups is 2. The second-order valence-electron chi connectivity index (χ2n) is 9.24. The number of benzene rings is 3. The molecule has 1 N–H and O–H groups in total. The van der Waals surface area contributed by atoms with Crippen molar-refractivity contribution in [3.8, 4) is 11.5 Å². The van der Waals surface area contributed by atoms with Crippen LogP contribution in [0.1, 0.15) is 36.6 Å². The van der Waals surface area contributed by atoms with Crippen molar-refractivity contribution in [3.05, 3.63) is 88.7 Å². The number of carbonyl (C=O) groups excluding carboxylic acids is 2. The maximum absolute atomic E-state index is 13.9. The Kier molecular flexibility index (Phi) is 5.87. The number of aliphatic hydroxyl groups excluding tert-OH is 1. The van der Waals surface area contributed by atoms with Crippen molar-refractivity contribution >= 4 is 44.1 Å². The number of rotatable bonds is 5. The van der Waals surface area contributed by atoms with Crippen LogP contribution < -0.4 is 14.4 Å². The number of ether oxygens (including phenoxy) is 2. The van der Waals surface area contributed by atoms with Crippen LogP contribution in [0.4, 0.5) is 9.52 Å². The summed E-state index contributed by atoms with van der Waals surface area (Å²) in [5.74, 6) is -1.07. The van der Waals surface area contributed by atoms with E-state index >= 15 is 0 Å². The van der Waals surface area contributed by atoms with E-state index in [0.29, 0.717) is 40.1 Å². The van der Waals surface area contributed by atoms with Gasteiger partial charge in [-0.05, 0) is 73.5 Å². The van der Waals surface area contributed by atoms with Crippen molar-refractivity contribution in [2.75, 3.05) is 11.5 Å². The molecule has 1 saturated heterocycles. The number of fused-ring (bicyclic) bond motifs is 2. The summed E-state index contributed by atoms with van der Waals surface area (Å²) in [5.41, 5.74) is 2.35. The maximum atomic E-state index is 13.9. The number of aliphatic hydroxyl groups is 1. The van der Waals surface area contributed by atoms with Crippen LogP contribution in [0.3, 0.4) is 0 Å². The Morgan fingerprint density at radius 3 is 2.84 bits per heavy atom. The van der Waals surface area contributed by atoms with Crippen LogP contribution in [-0.2, 0) is 16.0 Å². The average Bonchev–Trinajstić information content (AvgIpc) is 3.56. The Morgan fingerprint density at radius 1 is 1.18 bits per heavy atom. The van der Waals surface area contributed by atoms with Crippen LogP contribution in [0.25, 0.3) is 16.0 Å². The number of ketones is 1. The number of hydrogen-bond acceptors (Lipinski definition) is 7. The third-order valence-corrected chi connectivity index (χ3v) is 7.66. The van der Waals surface area contributed by atoms with E-state index in [-0.39, 0.29) is 22.6 Å². The first-order valence-corrected chi connectivity index (χ1v) is 13.1. The molecule has 7 nitrogen and oxygen atoms in total. The summed E-state index contributed by atoms with van der Waals surface area (Å²) < 4.78 is 25.9. The zero-order valence-corrected chi connectivity index (χ0v) is 21.4. The minimum Gasteiger partial charge on any atom is -0.507 e. The summed E-state index contributed by atoms with van der Waals surface area (Å²) in [5, 5.41) is 11.7. The molecule has 2 aliphatic heterocycles. The number of hydrogen-bond donors (Lipinski definition) is 1.